The SMILES string of the molecule is Cn1c(=O)c2c(ncn2CCNC(c2ccccc2)c2cccnc2)n(C)c1=O. The average Bonchev–Trinajstić information content (AvgIpc) is 3.19. The van der Waals surface area contributed by atoms with Crippen LogP contribution in [-0.4, -0.2) is 30.2 Å². The highest BCUT2D eigenvalue weighted by Crippen LogP contribution is 2.20. The zero-order chi connectivity index (χ0) is 20.4. The molecule has 3 aromatic heterocycles. The molecule has 1 N–H and O–H groups in total. The molecule has 0 saturated carbocycles. The number of aromatic nitrogens is 5. The predicted molar refractivity (Wildman–Crippen MR) is 111 cm³/mol. The van der Waals surface area contributed by atoms with Crippen LogP contribution in [0.1, 0.15) is 17.2 Å². The van der Waals surface area contributed by atoms with Gasteiger partial charge in [-0.15, -0.1) is 0 Å². The van der Waals surface area contributed by atoms with Gasteiger partial charge < -0.3 is 9.88 Å². The van der Waals surface area contributed by atoms with Gasteiger partial charge in [0.25, 0.3) is 5.56 Å². The monoisotopic (exact) mass is 390 g/mol. The summed E-state index contributed by atoms with van der Waals surface area (Å²) in [6.07, 6.45) is 5.21. The Morgan fingerprint density at radius 2 is 1.76 bits per heavy atom. The summed E-state index contributed by atoms with van der Waals surface area (Å²) in [4.78, 5) is 33.2. The van der Waals surface area contributed by atoms with E-state index in [1.165, 1.54) is 11.6 Å². The van der Waals surface area contributed by atoms with Crippen molar-refractivity contribution in [3.8, 4) is 0 Å². The van der Waals surface area contributed by atoms with E-state index in [1.807, 2.05) is 36.5 Å². The number of aryl methyl sites for hydroxylation is 1. The second-order valence-corrected chi connectivity index (χ2v) is 6.90. The molecule has 4 rings (SSSR count). The van der Waals surface area contributed by atoms with Crippen molar-refractivity contribution in [1.29, 1.82) is 0 Å². The highest BCUT2D eigenvalue weighted by Gasteiger charge is 2.16. The van der Waals surface area contributed by atoms with E-state index in [1.54, 1.807) is 24.1 Å². The van der Waals surface area contributed by atoms with Gasteiger partial charge in [-0.1, -0.05) is 36.4 Å². The van der Waals surface area contributed by atoms with Gasteiger partial charge in [0.05, 0.1) is 12.4 Å². The lowest BCUT2D eigenvalue weighted by Gasteiger charge is -2.20. The fraction of sp³-hybridized carbons (Fsp3) is 0.238. The Hall–Kier alpha value is -3.52. The quantitative estimate of drug-likeness (QED) is 0.535. The summed E-state index contributed by atoms with van der Waals surface area (Å²) < 4.78 is 4.29. The number of nitrogens with one attached hydrogen (secondary N) is 1. The molecule has 0 saturated heterocycles. The summed E-state index contributed by atoms with van der Waals surface area (Å²) in [6, 6.07) is 14.1. The van der Waals surface area contributed by atoms with Crippen molar-refractivity contribution in [1.82, 2.24) is 29.0 Å². The Kier molecular flexibility index (Phi) is 5.09. The second-order valence-electron chi connectivity index (χ2n) is 6.90. The van der Waals surface area contributed by atoms with E-state index < -0.39 is 0 Å². The molecule has 0 spiro atoms. The van der Waals surface area contributed by atoms with Crippen LogP contribution in [0, 0.1) is 0 Å². The number of hydrogen-bond acceptors (Lipinski definition) is 5. The maximum atomic E-state index is 12.6. The van der Waals surface area contributed by atoms with E-state index in [9.17, 15) is 9.59 Å². The number of nitrogens with zero attached hydrogens (tertiary/aromatic N) is 5. The van der Waals surface area contributed by atoms with Crippen LogP contribution in [0.25, 0.3) is 11.2 Å². The number of pyridine rings is 1. The molecule has 0 amide bonds. The Morgan fingerprint density at radius 1 is 1.00 bits per heavy atom. The summed E-state index contributed by atoms with van der Waals surface area (Å²) >= 11 is 0. The largest absolute Gasteiger partial charge is 0.332 e. The van der Waals surface area contributed by atoms with Crippen LogP contribution in [-0.2, 0) is 20.6 Å². The maximum Gasteiger partial charge on any atom is 0.332 e. The van der Waals surface area contributed by atoms with E-state index >= 15 is 0 Å². The molecule has 8 nitrogen and oxygen atoms in total. The maximum absolute atomic E-state index is 12.6. The first-order valence-corrected chi connectivity index (χ1v) is 9.37. The molecule has 3 heterocycles. The van der Waals surface area contributed by atoms with Crippen LogP contribution in [0.15, 0.2) is 70.8 Å². The Morgan fingerprint density at radius 3 is 2.48 bits per heavy atom. The van der Waals surface area contributed by atoms with Crippen LogP contribution in [0.4, 0.5) is 0 Å². The van der Waals surface area contributed by atoms with E-state index in [2.05, 4.69) is 27.4 Å². The van der Waals surface area contributed by atoms with Gasteiger partial charge in [-0.2, -0.15) is 0 Å². The molecular formula is C21H22N6O2. The molecule has 0 bridgehead atoms. The number of rotatable bonds is 6. The molecule has 148 valence electrons. The van der Waals surface area contributed by atoms with Crippen LogP contribution < -0.4 is 16.6 Å². The lowest BCUT2D eigenvalue weighted by molar-refractivity contribution is 0.554. The number of fused-ring (bicyclic) bond motifs is 1. The zero-order valence-corrected chi connectivity index (χ0v) is 16.3. The molecule has 0 aliphatic heterocycles. The van der Waals surface area contributed by atoms with Gasteiger partial charge in [-0.25, -0.2) is 9.78 Å². The zero-order valence-electron chi connectivity index (χ0n) is 16.3. The van der Waals surface area contributed by atoms with Crippen LogP contribution in [0.3, 0.4) is 0 Å². The molecule has 8 heteroatoms. The fourth-order valence-corrected chi connectivity index (χ4v) is 3.52. The first-order valence-electron chi connectivity index (χ1n) is 9.37. The van der Waals surface area contributed by atoms with E-state index in [4.69, 9.17) is 0 Å². The Labute approximate surface area is 167 Å². The van der Waals surface area contributed by atoms with Crippen molar-refractivity contribution in [2.24, 2.45) is 14.1 Å². The van der Waals surface area contributed by atoms with Crippen molar-refractivity contribution in [2.45, 2.75) is 12.6 Å². The highest BCUT2D eigenvalue weighted by molar-refractivity contribution is 5.69. The van der Waals surface area contributed by atoms with Crippen LogP contribution in [0.5, 0.6) is 0 Å². The van der Waals surface area contributed by atoms with Gasteiger partial charge in [0.15, 0.2) is 11.2 Å². The molecule has 1 aromatic carbocycles. The summed E-state index contributed by atoms with van der Waals surface area (Å²) in [7, 11) is 3.10. The molecule has 1 atom stereocenters. The lowest BCUT2D eigenvalue weighted by atomic mass is 10.0. The summed E-state index contributed by atoms with van der Waals surface area (Å²) in [6.45, 7) is 1.14. The van der Waals surface area contributed by atoms with Crippen LogP contribution >= 0.6 is 0 Å². The smallest absolute Gasteiger partial charge is 0.323 e. The third kappa shape index (κ3) is 3.50. The van der Waals surface area contributed by atoms with Crippen molar-refractivity contribution in [2.75, 3.05) is 6.54 Å². The molecular weight excluding hydrogens is 368 g/mol. The van der Waals surface area contributed by atoms with Gasteiger partial charge in [-0.05, 0) is 17.2 Å². The third-order valence-corrected chi connectivity index (χ3v) is 5.07. The molecule has 4 aromatic rings. The molecule has 29 heavy (non-hydrogen) atoms. The van der Waals surface area contributed by atoms with Crippen LogP contribution in [0.2, 0.25) is 0 Å². The van der Waals surface area contributed by atoms with Gasteiger partial charge in [0.2, 0.25) is 0 Å². The van der Waals surface area contributed by atoms with Crippen molar-refractivity contribution >= 4 is 11.2 Å². The Balaban J connectivity index is 1.60. The van der Waals surface area contributed by atoms with E-state index in [0.717, 1.165) is 15.7 Å². The standard InChI is InChI=1S/C21H22N6O2/c1-25-19-18(20(28)26(2)21(25)29)27(14-24-19)12-11-23-17(15-7-4-3-5-8-15)16-9-6-10-22-13-16/h3-10,13-14,17,23H,11-12H2,1-2H3. The molecule has 0 fully saturated rings. The first-order chi connectivity index (χ1) is 14.1. The van der Waals surface area contributed by atoms with Crippen molar-refractivity contribution in [3.63, 3.8) is 0 Å². The number of hydrogen-bond donors (Lipinski definition) is 1. The summed E-state index contributed by atoms with van der Waals surface area (Å²) in [5.74, 6) is 0. The molecule has 0 aliphatic rings. The van der Waals surface area contributed by atoms with E-state index in [-0.39, 0.29) is 17.3 Å². The minimum absolute atomic E-state index is 0.0214. The molecule has 0 radical (unpaired) electrons. The minimum Gasteiger partial charge on any atom is -0.323 e. The molecule has 1 unspecified atom stereocenters. The predicted octanol–water partition coefficient (Wildman–Crippen LogP) is 1.21. The number of imidazole rings is 1. The summed E-state index contributed by atoms with van der Waals surface area (Å²) in [5.41, 5.74) is 2.29. The fourth-order valence-electron chi connectivity index (χ4n) is 3.52. The summed E-state index contributed by atoms with van der Waals surface area (Å²) in [5, 5.41) is 3.55. The Bertz CT molecular complexity index is 1200. The lowest BCUT2D eigenvalue weighted by Crippen LogP contribution is -2.37. The first kappa shape index (κ1) is 18.8. The van der Waals surface area contributed by atoms with Gasteiger partial charge in [-0.3, -0.25) is 18.9 Å². The highest BCUT2D eigenvalue weighted by atomic mass is 16.2. The number of benzene rings is 1. The third-order valence-electron chi connectivity index (χ3n) is 5.07. The van der Waals surface area contributed by atoms with Crippen molar-refractivity contribution in [3.05, 3.63) is 93.2 Å². The minimum atomic E-state index is -0.383. The molecule has 0 aliphatic carbocycles. The van der Waals surface area contributed by atoms with Crippen molar-refractivity contribution < 1.29 is 0 Å². The normalized spacial score (nSPS) is 12.3. The van der Waals surface area contributed by atoms with E-state index in [0.29, 0.717) is 24.3 Å². The van der Waals surface area contributed by atoms with Gasteiger partial charge in [0, 0.05) is 39.6 Å². The second kappa shape index (κ2) is 7.84. The average molecular weight is 390 g/mol. The van der Waals surface area contributed by atoms with Gasteiger partial charge in [0.1, 0.15) is 0 Å². The topological polar surface area (TPSA) is 86.7 Å². The van der Waals surface area contributed by atoms with Gasteiger partial charge >= 0.3 is 5.69 Å².